The van der Waals surface area contributed by atoms with Gasteiger partial charge in [0.15, 0.2) is 0 Å². The van der Waals surface area contributed by atoms with Gasteiger partial charge in [0, 0.05) is 12.7 Å². The smallest absolute Gasteiger partial charge is 0.268 e. The van der Waals surface area contributed by atoms with Gasteiger partial charge in [-0.25, -0.2) is 4.90 Å². The van der Waals surface area contributed by atoms with Crippen molar-refractivity contribution >= 4 is 23.2 Å². The Labute approximate surface area is 158 Å². The summed E-state index contributed by atoms with van der Waals surface area (Å²) in [6, 6.07) is 23.2. The number of hydrogen-bond acceptors (Lipinski definition) is 3. The Balaban J connectivity index is 1.68. The molecule has 1 aliphatic heterocycles. The highest BCUT2D eigenvalue weighted by molar-refractivity contribution is 6.36. The van der Waals surface area contributed by atoms with E-state index < -0.39 is 0 Å². The molecule has 27 heavy (non-hydrogen) atoms. The van der Waals surface area contributed by atoms with E-state index in [1.54, 1.807) is 19.2 Å². The Hall–Kier alpha value is -3.40. The summed E-state index contributed by atoms with van der Waals surface area (Å²) in [5.74, 6) is -0.536. The topological polar surface area (TPSA) is 49.4 Å². The van der Waals surface area contributed by atoms with Gasteiger partial charge in [0.1, 0.15) is 0 Å². The van der Waals surface area contributed by atoms with Crippen LogP contribution in [0.15, 0.2) is 72.8 Å². The third-order valence-corrected chi connectivity index (χ3v) is 4.94. The van der Waals surface area contributed by atoms with Crippen LogP contribution in [-0.2, 0) is 12.8 Å². The predicted molar refractivity (Wildman–Crippen MR) is 107 cm³/mol. The van der Waals surface area contributed by atoms with Crippen molar-refractivity contribution < 1.29 is 9.59 Å². The molecule has 0 aromatic heterocycles. The average molecular weight is 356 g/mol. The molecule has 4 heteroatoms. The second-order valence-corrected chi connectivity index (χ2v) is 6.54. The number of hydrogen-bond donors (Lipinski definition) is 1. The van der Waals surface area contributed by atoms with Gasteiger partial charge in [0.2, 0.25) is 0 Å². The van der Waals surface area contributed by atoms with Gasteiger partial charge < -0.3 is 5.32 Å². The highest BCUT2D eigenvalue weighted by atomic mass is 16.2. The third kappa shape index (κ3) is 2.99. The number of carbonyl (C=O) groups is 2. The molecule has 0 bridgehead atoms. The molecule has 0 unspecified atom stereocenters. The van der Waals surface area contributed by atoms with E-state index >= 15 is 0 Å². The van der Waals surface area contributed by atoms with Gasteiger partial charge >= 0.3 is 0 Å². The predicted octanol–water partition coefficient (Wildman–Crippen LogP) is 4.31. The van der Waals surface area contributed by atoms with Crippen LogP contribution in [0.5, 0.6) is 0 Å². The fourth-order valence-corrected chi connectivity index (χ4v) is 3.58. The summed E-state index contributed by atoms with van der Waals surface area (Å²) >= 11 is 0. The van der Waals surface area contributed by atoms with Crippen molar-refractivity contribution in [2.24, 2.45) is 0 Å². The summed E-state index contributed by atoms with van der Waals surface area (Å²) in [6.07, 6.45) is 1.61. The Morgan fingerprint density at radius 2 is 1.52 bits per heavy atom. The molecule has 1 aliphatic rings. The average Bonchev–Trinajstić information content (AvgIpc) is 2.98. The number of imide groups is 1. The van der Waals surface area contributed by atoms with Crippen molar-refractivity contribution in [2.75, 3.05) is 17.3 Å². The molecule has 2 amide bonds. The Bertz CT molecular complexity index is 1010. The van der Waals surface area contributed by atoms with Crippen molar-refractivity contribution in [1.29, 1.82) is 0 Å². The van der Waals surface area contributed by atoms with Crippen molar-refractivity contribution in [3.8, 4) is 0 Å². The summed E-state index contributed by atoms with van der Waals surface area (Å²) in [4.78, 5) is 27.4. The first-order valence-electron chi connectivity index (χ1n) is 9.02. The first-order chi connectivity index (χ1) is 13.2. The van der Waals surface area contributed by atoms with Crippen LogP contribution >= 0.6 is 0 Å². The second kappa shape index (κ2) is 7.08. The summed E-state index contributed by atoms with van der Waals surface area (Å²) in [6.45, 7) is 0. The summed E-state index contributed by atoms with van der Waals surface area (Å²) < 4.78 is 0. The minimum Gasteiger partial charge on any atom is -0.387 e. The first kappa shape index (κ1) is 17.0. The maximum absolute atomic E-state index is 13.1. The largest absolute Gasteiger partial charge is 0.387 e. The quantitative estimate of drug-likeness (QED) is 0.693. The van der Waals surface area contributed by atoms with Gasteiger partial charge in [-0.2, -0.15) is 0 Å². The number of anilines is 2. The molecule has 4 nitrogen and oxygen atoms in total. The maximum atomic E-state index is 13.1. The number of fused-ring (bicyclic) bond motifs is 1. The lowest BCUT2D eigenvalue weighted by Gasteiger charge is -2.18. The van der Waals surface area contributed by atoms with E-state index in [1.165, 1.54) is 10.5 Å². The summed E-state index contributed by atoms with van der Waals surface area (Å²) in [5.41, 5.74) is 4.46. The number of benzene rings is 3. The van der Waals surface area contributed by atoms with E-state index in [0.29, 0.717) is 22.5 Å². The van der Waals surface area contributed by atoms with Crippen LogP contribution in [0.2, 0.25) is 0 Å². The lowest BCUT2D eigenvalue weighted by molar-refractivity contribution is 0.0926. The lowest BCUT2D eigenvalue weighted by atomic mass is 10.0. The van der Waals surface area contributed by atoms with E-state index in [-0.39, 0.29) is 11.8 Å². The third-order valence-electron chi connectivity index (χ3n) is 4.94. The summed E-state index contributed by atoms with van der Waals surface area (Å²) in [5, 5.41) is 3.01. The molecule has 3 aromatic carbocycles. The zero-order valence-corrected chi connectivity index (χ0v) is 15.1. The first-order valence-corrected chi connectivity index (χ1v) is 9.02. The molecule has 0 saturated heterocycles. The number of para-hydroxylation sites is 1. The molecule has 1 heterocycles. The minimum absolute atomic E-state index is 0.265. The van der Waals surface area contributed by atoms with Gasteiger partial charge in [-0.05, 0) is 42.2 Å². The molecule has 0 atom stereocenters. The van der Waals surface area contributed by atoms with E-state index in [1.807, 2.05) is 48.5 Å². The molecule has 0 aliphatic carbocycles. The van der Waals surface area contributed by atoms with Crippen molar-refractivity contribution in [2.45, 2.75) is 12.8 Å². The van der Waals surface area contributed by atoms with Crippen LogP contribution in [0.1, 0.15) is 31.8 Å². The van der Waals surface area contributed by atoms with Crippen LogP contribution in [-0.4, -0.2) is 18.9 Å². The van der Waals surface area contributed by atoms with Crippen LogP contribution in [0.3, 0.4) is 0 Å². The van der Waals surface area contributed by atoms with E-state index in [9.17, 15) is 9.59 Å². The van der Waals surface area contributed by atoms with E-state index in [4.69, 9.17) is 0 Å². The molecular weight excluding hydrogens is 336 g/mol. The van der Waals surface area contributed by atoms with Crippen LogP contribution in [0.4, 0.5) is 11.4 Å². The maximum Gasteiger partial charge on any atom is 0.268 e. The van der Waals surface area contributed by atoms with Gasteiger partial charge in [-0.3, -0.25) is 9.59 Å². The van der Waals surface area contributed by atoms with E-state index in [2.05, 4.69) is 17.4 Å². The van der Waals surface area contributed by atoms with Gasteiger partial charge in [0.05, 0.1) is 16.8 Å². The molecule has 0 spiro atoms. The molecule has 0 radical (unpaired) electrons. The van der Waals surface area contributed by atoms with Gasteiger partial charge in [-0.1, -0.05) is 54.6 Å². The molecule has 4 rings (SSSR count). The van der Waals surface area contributed by atoms with E-state index in [0.717, 1.165) is 18.4 Å². The minimum atomic E-state index is -0.271. The lowest BCUT2D eigenvalue weighted by Crippen LogP contribution is -2.30. The Morgan fingerprint density at radius 1 is 0.778 bits per heavy atom. The van der Waals surface area contributed by atoms with Crippen molar-refractivity contribution in [3.05, 3.63) is 95.1 Å². The van der Waals surface area contributed by atoms with Crippen LogP contribution in [0.25, 0.3) is 0 Å². The molecular formula is C23H20N2O2. The second-order valence-electron chi connectivity index (χ2n) is 6.54. The zero-order valence-electron chi connectivity index (χ0n) is 15.1. The number of rotatable bonds is 5. The SMILES string of the molecule is CNc1cccc2c1C(=O)N(c1ccccc1CCc1ccccc1)C2=O. The molecule has 134 valence electrons. The monoisotopic (exact) mass is 356 g/mol. The number of nitrogens with zero attached hydrogens (tertiary/aromatic N) is 1. The van der Waals surface area contributed by atoms with Crippen molar-refractivity contribution in [3.63, 3.8) is 0 Å². The molecule has 0 fully saturated rings. The Kier molecular flexibility index (Phi) is 4.47. The molecule has 1 N–H and O–H groups in total. The van der Waals surface area contributed by atoms with Gasteiger partial charge in [0.25, 0.3) is 11.8 Å². The van der Waals surface area contributed by atoms with Gasteiger partial charge in [-0.15, -0.1) is 0 Å². The molecule has 0 saturated carbocycles. The highest BCUT2D eigenvalue weighted by Gasteiger charge is 2.39. The number of aryl methyl sites for hydroxylation is 2. The zero-order chi connectivity index (χ0) is 18.8. The normalized spacial score (nSPS) is 13.0. The standard InChI is InChI=1S/C23H20N2O2/c1-24-19-12-7-11-18-21(19)23(27)25(22(18)26)20-13-6-5-10-17(20)15-14-16-8-3-2-4-9-16/h2-13,24H,14-15H2,1H3. The van der Waals surface area contributed by atoms with Crippen LogP contribution in [0, 0.1) is 0 Å². The number of carbonyl (C=O) groups excluding carboxylic acids is 2. The fourth-order valence-electron chi connectivity index (χ4n) is 3.58. The fraction of sp³-hybridized carbons (Fsp3) is 0.130. The highest BCUT2D eigenvalue weighted by Crippen LogP contribution is 2.34. The number of amides is 2. The molecule has 3 aromatic rings. The number of nitrogens with one attached hydrogen (secondary N) is 1. The van der Waals surface area contributed by atoms with Crippen LogP contribution < -0.4 is 10.2 Å². The Morgan fingerprint density at radius 3 is 2.30 bits per heavy atom. The summed E-state index contributed by atoms with van der Waals surface area (Å²) in [7, 11) is 1.75. The van der Waals surface area contributed by atoms with Crippen molar-refractivity contribution in [1.82, 2.24) is 0 Å².